The molecule has 15 heavy (non-hydrogen) atoms. The molecule has 2 atom stereocenters. The van der Waals surface area contributed by atoms with E-state index in [1.54, 1.807) is 0 Å². The van der Waals surface area contributed by atoms with E-state index < -0.39 is 0 Å². The second-order valence-electron chi connectivity index (χ2n) is 5.23. The van der Waals surface area contributed by atoms with E-state index in [1.807, 2.05) is 0 Å². The lowest BCUT2D eigenvalue weighted by molar-refractivity contribution is -0.131. The van der Waals surface area contributed by atoms with Gasteiger partial charge in [0.15, 0.2) is 0 Å². The average molecular weight is 209 g/mol. The summed E-state index contributed by atoms with van der Waals surface area (Å²) in [5.74, 6) is 2.26. The quantitative estimate of drug-likeness (QED) is 0.685. The van der Waals surface area contributed by atoms with Gasteiger partial charge in [-0.05, 0) is 37.5 Å². The van der Waals surface area contributed by atoms with E-state index >= 15 is 0 Å². The van der Waals surface area contributed by atoms with E-state index in [1.165, 1.54) is 12.8 Å². The Hall–Kier alpha value is -0.570. The maximum absolute atomic E-state index is 11.9. The molecule has 0 spiro atoms. The van der Waals surface area contributed by atoms with Crippen molar-refractivity contribution < 1.29 is 9.53 Å². The van der Waals surface area contributed by atoms with Crippen molar-refractivity contribution in [2.75, 3.05) is 26.3 Å². The normalized spacial score (nSPS) is 36.1. The summed E-state index contributed by atoms with van der Waals surface area (Å²) in [5.41, 5.74) is 0. The molecule has 2 heterocycles. The molecule has 84 valence electrons. The maximum Gasteiger partial charge on any atom is 0.225 e. The molecule has 3 nitrogen and oxygen atoms in total. The average Bonchev–Trinajstić information content (AvgIpc) is 2.80. The number of hydrogen-bond donors (Lipinski definition) is 0. The van der Waals surface area contributed by atoms with Crippen LogP contribution in [0.1, 0.15) is 25.7 Å². The van der Waals surface area contributed by atoms with Crippen LogP contribution >= 0.6 is 0 Å². The van der Waals surface area contributed by atoms with Crippen molar-refractivity contribution in [2.24, 2.45) is 17.8 Å². The third kappa shape index (κ3) is 1.89. The highest BCUT2D eigenvalue weighted by Gasteiger charge is 2.38. The maximum atomic E-state index is 11.9. The van der Waals surface area contributed by atoms with Crippen LogP contribution in [-0.2, 0) is 9.53 Å². The lowest BCUT2D eigenvalue weighted by Gasteiger charge is -2.18. The predicted molar refractivity (Wildman–Crippen MR) is 56.3 cm³/mol. The Labute approximate surface area is 90.8 Å². The van der Waals surface area contributed by atoms with Crippen LogP contribution in [-0.4, -0.2) is 37.1 Å². The van der Waals surface area contributed by atoms with Crippen LogP contribution in [0.25, 0.3) is 0 Å². The van der Waals surface area contributed by atoms with Gasteiger partial charge in [0.2, 0.25) is 5.91 Å². The van der Waals surface area contributed by atoms with Crippen LogP contribution in [0.5, 0.6) is 0 Å². The number of hydrogen-bond acceptors (Lipinski definition) is 2. The summed E-state index contributed by atoms with van der Waals surface area (Å²) in [6.45, 7) is 3.85. The SMILES string of the molecule is O=C(C1CC1)N1CCC(C2CCOC2)C1. The highest BCUT2D eigenvalue weighted by molar-refractivity contribution is 5.81. The van der Waals surface area contributed by atoms with Gasteiger partial charge >= 0.3 is 0 Å². The van der Waals surface area contributed by atoms with Crippen molar-refractivity contribution in [3.63, 3.8) is 0 Å². The van der Waals surface area contributed by atoms with Crippen LogP contribution in [0, 0.1) is 17.8 Å². The lowest BCUT2D eigenvalue weighted by atomic mass is 9.91. The van der Waals surface area contributed by atoms with E-state index in [0.717, 1.165) is 51.0 Å². The molecule has 2 aliphatic heterocycles. The molecule has 2 unspecified atom stereocenters. The summed E-state index contributed by atoms with van der Waals surface area (Å²) in [6.07, 6.45) is 4.67. The van der Waals surface area contributed by atoms with Gasteiger partial charge in [0, 0.05) is 32.2 Å². The number of carbonyl (C=O) groups excluding carboxylic acids is 1. The molecule has 0 radical (unpaired) electrons. The third-order valence-electron chi connectivity index (χ3n) is 4.09. The number of ether oxygens (including phenoxy) is 1. The standard InChI is InChI=1S/C12H19NO2/c14-12(9-1-2-9)13-5-3-10(7-13)11-4-6-15-8-11/h9-11H,1-8H2. The van der Waals surface area contributed by atoms with Crippen molar-refractivity contribution in [2.45, 2.75) is 25.7 Å². The molecular formula is C12H19NO2. The fourth-order valence-electron chi connectivity index (χ4n) is 2.89. The van der Waals surface area contributed by atoms with Crippen LogP contribution in [0.2, 0.25) is 0 Å². The zero-order valence-electron chi connectivity index (χ0n) is 9.15. The molecule has 3 heteroatoms. The van der Waals surface area contributed by atoms with Crippen molar-refractivity contribution in [1.29, 1.82) is 0 Å². The lowest BCUT2D eigenvalue weighted by Crippen LogP contribution is -2.31. The molecule has 0 aromatic carbocycles. The van der Waals surface area contributed by atoms with Gasteiger partial charge in [-0.1, -0.05) is 0 Å². The van der Waals surface area contributed by atoms with Crippen LogP contribution in [0.15, 0.2) is 0 Å². The van der Waals surface area contributed by atoms with Gasteiger partial charge in [-0.15, -0.1) is 0 Å². The second-order valence-corrected chi connectivity index (χ2v) is 5.23. The Morgan fingerprint density at radius 1 is 1.13 bits per heavy atom. The van der Waals surface area contributed by atoms with Gasteiger partial charge in [0.25, 0.3) is 0 Å². The second kappa shape index (κ2) is 3.78. The van der Waals surface area contributed by atoms with Crippen LogP contribution in [0.4, 0.5) is 0 Å². The molecule has 2 saturated heterocycles. The molecule has 1 aliphatic carbocycles. The smallest absolute Gasteiger partial charge is 0.225 e. The Morgan fingerprint density at radius 3 is 2.67 bits per heavy atom. The summed E-state index contributed by atoms with van der Waals surface area (Å²) in [6, 6.07) is 0. The van der Waals surface area contributed by atoms with E-state index in [9.17, 15) is 4.79 Å². The summed E-state index contributed by atoms with van der Waals surface area (Å²) in [7, 11) is 0. The van der Waals surface area contributed by atoms with Crippen molar-refractivity contribution in [3.05, 3.63) is 0 Å². The molecule has 3 aliphatic rings. The van der Waals surface area contributed by atoms with Crippen LogP contribution in [0.3, 0.4) is 0 Å². The fourth-order valence-corrected chi connectivity index (χ4v) is 2.89. The van der Waals surface area contributed by atoms with Gasteiger partial charge in [-0.3, -0.25) is 4.79 Å². The first-order valence-corrected chi connectivity index (χ1v) is 6.21. The highest BCUT2D eigenvalue weighted by atomic mass is 16.5. The molecular weight excluding hydrogens is 190 g/mol. The Kier molecular flexibility index (Phi) is 2.43. The van der Waals surface area contributed by atoms with Crippen molar-refractivity contribution >= 4 is 5.91 Å². The summed E-state index contributed by atoms with van der Waals surface area (Å²) in [4.78, 5) is 14.0. The third-order valence-corrected chi connectivity index (χ3v) is 4.09. The largest absolute Gasteiger partial charge is 0.381 e. The van der Waals surface area contributed by atoms with Gasteiger partial charge in [-0.2, -0.15) is 0 Å². The zero-order chi connectivity index (χ0) is 10.3. The summed E-state index contributed by atoms with van der Waals surface area (Å²) < 4.78 is 5.42. The van der Waals surface area contributed by atoms with E-state index in [-0.39, 0.29) is 0 Å². The molecule has 0 N–H and O–H groups in total. The Morgan fingerprint density at radius 2 is 2.00 bits per heavy atom. The molecule has 0 aromatic rings. The highest BCUT2D eigenvalue weighted by Crippen LogP contribution is 2.35. The molecule has 0 bridgehead atoms. The predicted octanol–water partition coefficient (Wildman–Crippen LogP) is 1.28. The first-order valence-electron chi connectivity index (χ1n) is 6.21. The molecule has 1 amide bonds. The van der Waals surface area contributed by atoms with Crippen LogP contribution < -0.4 is 0 Å². The van der Waals surface area contributed by atoms with Gasteiger partial charge in [0.1, 0.15) is 0 Å². The summed E-state index contributed by atoms with van der Waals surface area (Å²) in [5, 5.41) is 0. The number of likely N-dealkylation sites (tertiary alicyclic amines) is 1. The van der Waals surface area contributed by atoms with Gasteiger partial charge in [-0.25, -0.2) is 0 Å². The van der Waals surface area contributed by atoms with Gasteiger partial charge < -0.3 is 9.64 Å². The van der Waals surface area contributed by atoms with E-state index in [2.05, 4.69) is 4.90 Å². The van der Waals surface area contributed by atoms with E-state index in [0.29, 0.717) is 11.8 Å². The molecule has 0 aromatic heterocycles. The van der Waals surface area contributed by atoms with Crippen molar-refractivity contribution in [1.82, 2.24) is 4.90 Å². The fraction of sp³-hybridized carbons (Fsp3) is 0.917. The number of nitrogens with zero attached hydrogens (tertiary/aromatic N) is 1. The van der Waals surface area contributed by atoms with Gasteiger partial charge in [0.05, 0.1) is 0 Å². The number of rotatable bonds is 2. The minimum atomic E-state index is 0.392. The molecule has 3 rings (SSSR count). The monoisotopic (exact) mass is 209 g/mol. The molecule has 3 fully saturated rings. The first-order chi connectivity index (χ1) is 7.34. The minimum absolute atomic E-state index is 0.392. The topological polar surface area (TPSA) is 29.5 Å². The van der Waals surface area contributed by atoms with Crippen molar-refractivity contribution in [3.8, 4) is 0 Å². The number of amides is 1. The zero-order valence-corrected chi connectivity index (χ0v) is 9.15. The first kappa shape index (κ1) is 9.64. The summed E-state index contributed by atoms with van der Waals surface area (Å²) >= 11 is 0. The minimum Gasteiger partial charge on any atom is -0.381 e. The van der Waals surface area contributed by atoms with E-state index in [4.69, 9.17) is 4.74 Å². The Balaban J connectivity index is 1.55. The number of carbonyl (C=O) groups is 1. The molecule has 1 saturated carbocycles. The Bertz CT molecular complexity index is 256.